The molecule has 1 amide bonds. The lowest BCUT2D eigenvalue weighted by Gasteiger charge is -2.26. The zero-order valence-corrected chi connectivity index (χ0v) is 19.8. The van der Waals surface area contributed by atoms with E-state index in [-0.39, 0.29) is 11.3 Å². The number of carbonyl (C=O) groups excluding carboxylic acids is 2. The number of carbonyl (C=O) groups is 2. The number of aliphatic hydroxyl groups excluding tert-OH is 1. The van der Waals surface area contributed by atoms with Gasteiger partial charge < -0.3 is 19.6 Å². The van der Waals surface area contributed by atoms with Gasteiger partial charge in [0.05, 0.1) is 23.2 Å². The third-order valence-corrected chi connectivity index (χ3v) is 5.74. The van der Waals surface area contributed by atoms with Gasteiger partial charge in [-0.25, -0.2) is 0 Å². The molecule has 1 aliphatic heterocycles. The van der Waals surface area contributed by atoms with E-state index in [4.69, 9.17) is 27.9 Å². The molecule has 0 saturated carbocycles. The van der Waals surface area contributed by atoms with E-state index in [0.717, 1.165) is 6.54 Å². The van der Waals surface area contributed by atoms with Crippen molar-refractivity contribution in [2.24, 2.45) is 0 Å². The van der Waals surface area contributed by atoms with Crippen molar-refractivity contribution in [2.75, 3.05) is 33.8 Å². The minimum atomic E-state index is -0.749. The lowest BCUT2D eigenvalue weighted by atomic mass is 9.95. The maximum Gasteiger partial charge on any atom is 0.295 e. The summed E-state index contributed by atoms with van der Waals surface area (Å²) in [6.07, 6.45) is 0.673. The Balaban J connectivity index is 2.09. The molecule has 1 N–H and O–H groups in total. The molecule has 6 nitrogen and oxygen atoms in total. The number of benzene rings is 2. The number of nitrogens with zero attached hydrogens (tertiary/aromatic N) is 2. The summed E-state index contributed by atoms with van der Waals surface area (Å²) in [4.78, 5) is 29.5. The van der Waals surface area contributed by atoms with Gasteiger partial charge in [0, 0.05) is 17.1 Å². The summed E-state index contributed by atoms with van der Waals surface area (Å²) in [7, 11) is 3.89. The normalized spacial score (nSPS) is 17.9. The Hall–Kier alpha value is -2.54. The van der Waals surface area contributed by atoms with E-state index in [2.05, 4.69) is 0 Å². The molecule has 1 atom stereocenters. The molecule has 0 spiro atoms. The van der Waals surface area contributed by atoms with Crippen LogP contribution in [-0.2, 0) is 9.59 Å². The van der Waals surface area contributed by atoms with Crippen molar-refractivity contribution in [3.05, 3.63) is 69.2 Å². The second-order valence-corrected chi connectivity index (χ2v) is 8.63. The number of hydrogen-bond acceptors (Lipinski definition) is 5. The van der Waals surface area contributed by atoms with Crippen LogP contribution in [0.5, 0.6) is 5.75 Å². The molecule has 0 aliphatic carbocycles. The number of aliphatic hydroxyl groups is 1. The number of amides is 1. The highest BCUT2D eigenvalue weighted by molar-refractivity contribution is 6.46. The molecule has 8 heteroatoms. The maximum absolute atomic E-state index is 13.0. The number of likely N-dealkylation sites (tertiary alicyclic amines) is 1. The van der Waals surface area contributed by atoms with Gasteiger partial charge in [-0.05, 0) is 69.9 Å². The summed E-state index contributed by atoms with van der Waals surface area (Å²) < 4.78 is 5.44. The van der Waals surface area contributed by atoms with Crippen LogP contribution in [0.25, 0.3) is 5.76 Å². The number of halogens is 2. The van der Waals surface area contributed by atoms with Gasteiger partial charge in [-0.3, -0.25) is 9.59 Å². The zero-order valence-electron chi connectivity index (χ0n) is 18.3. The van der Waals surface area contributed by atoms with Crippen LogP contribution in [0.2, 0.25) is 10.0 Å². The van der Waals surface area contributed by atoms with Crippen LogP contribution in [0.4, 0.5) is 0 Å². The zero-order chi connectivity index (χ0) is 23.4. The Labute approximate surface area is 198 Å². The van der Waals surface area contributed by atoms with Crippen molar-refractivity contribution < 1.29 is 19.4 Å². The number of ether oxygens (including phenoxy) is 1. The quantitative estimate of drug-likeness (QED) is 0.337. The van der Waals surface area contributed by atoms with E-state index < -0.39 is 17.7 Å². The van der Waals surface area contributed by atoms with E-state index in [1.807, 2.05) is 25.9 Å². The number of rotatable bonds is 8. The molecule has 2 aromatic rings. The summed E-state index contributed by atoms with van der Waals surface area (Å²) in [5, 5.41) is 11.9. The fourth-order valence-corrected chi connectivity index (χ4v) is 4.20. The number of hydrogen-bond donors (Lipinski definition) is 1. The molecule has 0 aromatic heterocycles. The highest BCUT2D eigenvalue weighted by atomic mass is 35.5. The first-order valence-electron chi connectivity index (χ1n) is 10.4. The van der Waals surface area contributed by atoms with E-state index in [0.29, 0.717) is 46.5 Å². The Bertz CT molecular complexity index is 1050. The van der Waals surface area contributed by atoms with Gasteiger partial charge in [0.2, 0.25) is 0 Å². The van der Waals surface area contributed by atoms with Crippen LogP contribution < -0.4 is 4.74 Å². The summed E-state index contributed by atoms with van der Waals surface area (Å²) in [6, 6.07) is 11.0. The molecule has 1 unspecified atom stereocenters. The second kappa shape index (κ2) is 10.4. The average molecular weight is 477 g/mol. The molecular weight excluding hydrogens is 451 g/mol. The van der Waals surface area contributed by atoms with Crippen LogP contribution in [0.15, 0.2) is 48.0 Å². The van der Waals surface area contributed by atoms with Crippen molar-refractivity contribution in [1.82, 2.24) is 9.80 Å². The van der Waals surface area contributed by atoms with Crippen molar-refractivity contribution in [3.8, 4) is 5.75 Å². The van der Waals surface area contributed by atoms with Crippen molar-refractivity contribution >= 4 is 40.7 Å². The van der Waals surface area contributed by atoms with Crippen LogP contribution in [0.3, 0.4) is 0 Å². The highest BCUT2D eigenvalue weighted by Crippen LogP contribution is 2.40. The first-order chi connectivity index (χ1) is 15.2. The summed E-state index contributed by atoms with van der Waals surface area (Å²) >= 11 is 12.5. The lowest BCUT2D eigenvalue weighted by molar-refractivity contribution is -0.139. The van der Waals surface area contributed by atoms with Crippen LogP contribution in [0, 0.1) is 0 Å². The molecule has 0 bridgehead atoms. The summed E-state index contributed by atoms with van der Waals surface area (Å²) in [5.41, 5.74) is 0.999. The van der Waals surface area contributed by atoms with Crippen LogP contribution in [-0.4, -0.2) is 60.4 Å². The Morgan fingerprint density at radius 3 is 2.53 bits per heavy atom. The van der Waals surface area contributed by atoms with Crippen molar-refractivity contribution in [2.45, 2.75) is 19.4 Å². The Kier molecular flexibility index (Phi) is 7.82. The van der Waals surface area contributed by atoms with Crippen molar-refractivity contribution in [1.29, 1.82) is 0 Å². The molecule has 1 aliphatic rings. The minimum Gasteiger partial charge on any atom is -0.507 e. The molecule has 1 saturated heterocycles. The fraction of sp³-hybridized carbons (Fsp3) is 0.333. The lowest BCUT2D eigenvalue weighted by Crippen LogP contribution is -2.32. The standard InChI is InChI=1S/C24H26Cl2N2O4/c1-4-32-19-10-9-16(14-18(19)26)22(29)20-21(15-7-5-8-17(25)13-15)28(24(31)23(20)30)12-6-11-27(2)3/h5,7-10,13-14,21,29H,4,6,11-12H2,1-3H3/b22-20-. The summed E-state index contributed by atoms with van der Waals surface area (Å²) in [5.74, 6) is -1.19. The van der Waals surface area contributed by atoms with Crippen LogP contribution in [0.1, 0.15) is 30.5 Å². The SMILES string of the molecule is CCOc1ccc(/C(O)=C2/C(=O)C(=O)N(CCCN(C)C)C2c2cccc(Cl)c2)cc1Cl. The van der Waals surface area contributed by atoms with E-state index in [9.17, 15) is 14.7 Å². The predicted octanol–water partition coefficient (Wildman–Crippen LogP) is 4.77. The largest absolute Gasteiger partial charge is 0.507 e. The van der Waals surface area contributed by atoms with E-state index >= 15 is 0 Å². The maximum atomic E-state index is 13.0. The molecule has 32 heavy (non-hydrogen) atoms. The first-order valence-corrected chi connectivity index (χ1v) is 11.1. The summed E-state index contributed by atoms with van der Waals surface area (Å²) in [6.45, 7) is 3.39. The molecule has 170 valence electrons. The molecule has 1 heterocycles. The molecule has 3 rings (SSSR count). The van der Waals surface area contributed by atoms with Gasteiger partial charge in [-0.2, -0.15) is 0 Å². The smallest absolute Gasteiger partial charge is 0.295 e. The topological polar surface area (TPSA) is 70.1 Å². The van der Waals surface area contributed by atoms with E-state index in [1.165, 1.54) is 11.0 Å². The third-order valence-electron chi connectivity index (χ3n) is 5.21. The van der Waals surface area contributed by atoms with Gasteiger partial charge >= 0.3 is 0 Å². The number of ketones is 1. The second-order valence-electron chi connectivity index (χ2n) is 7.78. The molecule has 2 aromatic carbocycles. The van der Waals surface area contributed by atoms with Crippen molar-refractivity contribution in [3.63, 3.8) is 0 Å². The first kappa shape index (κ1) is 24.1. The fourth-order valence-electron chi connectivity index (χ4n) is 3.77. The van der Waals surface area contributed by atoms with E-state index in [1.54, 1.807) is 36.4 Å². The molecular formula is C24H26Cl2N2O4. The highest BCUT2D eigenvalue weighted by Gasteiger charge is 2.45. The van der Waals surface area contributed by atoms with Gasteiger partial charge in [0.25, 0.3) is 11.7 Å². The molecule has 1 fully saturated rings. The van der Waals surface area contributed by atoms with Gasteiger partial charge in [-0.1, -0.05) is 35.3 Å². The molecule has 0 radical (unpaired) electrons. The predicted molar refractivity (Wildman–Crippen MR) is 126 cm³/mol. The van der Waals surface area contributed by atoms with Gasteiger partial charge in [-0.15, -0.1) is 0 Å². The Morgan fingerprint density at radius 2 is 1.91 bits per heavy atom. The number of Topliss-reactive ketones (excluding diaryl/α,β-unsaturated/α-hetero) is 1. The third kappa shape index (κ3) is 5.09. The van der Waals surface area contributed by atoms with Gasteiger partial charge in [0.1, 0.15) is 11.5 Å². The van der Waals surface area contributed by atoms with Gasteiger partial charge in [0.15, 0.2) is 0 Å². The van der Waals surface area contributed by atoms with Crippen LogP contribution >= 0.6 is 23.2 Å². The average Bonchev–Trinajstić information content (AvgIpc) is 2.99. The Morgan fingerprint density at radius 1 is 1.16 bits per heavy atom. The minimum absolute atomic E-state index is 0.0161. The monoisotopic (exact) mass is 476 g/mol.